The maximum atomic E-state index is 13.2. The van der Waals surface area contributed by atoms with Crippen molar-refractivity contribution in [2.24, 2.45) is 5.41 Å². The predicted octanol–water partition coefficient (Wildman–Crippen LogP) is 4.40. The van der Waals surface area contributed by atoms with E-state index >= 15 is 0 Å². The number of nitrogens with one attached hydrogen (secondary N) is 1. The summed E-state index contributed by atoms with van der Waals surface area (Å²) in [5, 5.41) is 38.1. The van der Waals surface area contributed by atoms with Gasteiger partial charge < -0.3 is 14.8 Å². The number of hydrogen-bond acceptors (Lipinski definition) is 11. The third-order valence-corrected chi connectivity index (χ3v) is 9.20. The molecule has 1 aliphatic heterocycles. The quantitative estimate of drug-likeness (QED) is 0.216. The van der Waals surface area contributed by atoms with Crippen molar-refractivity contribution in [3.63, 3.8) is 0 Å². The Balaban J connectivity index is 1.20. The number of rotatable bonds is 8. The number of nitrogens with zero attached hydrogens (tertiary/aromatic N) is 8. The zero-order chi connectivity index (χ0) is 30.1. The molecule has 2 aliphatic rings. The highest BCUT2D eigenvalue weighted by molar-refractivity contribution is 8.01. The fourth-order valence-electron chi connectivity index (χ4n) is 5.26. The molecule has 1 fully saturated rings. The number of carbonyl (C=O) groups is 2. The molecule has 18 heteroatoms. The van der Waals surface area contributed by atoms with Gasteiger partial charge in [-0.15, -0.1) is 20.4 Å². The van der Waals surface area contributed by atoms with Gasteiger partial charge in [0.05, 0.1) is 17.0 Å². The summed E-state index contributed by atoms with van der Waals surface area (Å²) in [5.41, 5.74) is -0.691. The molecule has 1 aromatic carbocycles. The monoisotopic (exact) mass is 621 g/mol. The SMILES string of the molecule is N#Cc1cc([N+](=O)[O-])ccc1Sc1nnc(NC(=O)CC2(CC(=O)N3CCn4c(nnc4C(F)(F)F)C3)CCCC2)s1. The highest BCUT2D eigenvalue weighted by Gasteiger charge is 2.42. The van der Waals surface area contributed by atoms with E-state index in [0.29, 0.717) is 22.1 Å². The van der Waals surface area contributed by atoms with Crippen LogP contribution in [-0.4, -0.2) is 53.1 Å². The predicted molar refractivity (Wildman–Crippen MR) is 141 cm³/mol. The van der Waals surface area contributed by atoms with Crippen LogP contribution in [0.15, 0.2) is 27.4 Å². The van der Waals surface area contributed by atoms with E-state index in [1.165, 1.54) is 23.1 Å². The lowest BCUT2D eigenvalue weighted by atomic mass is 9.78. The van der Waals surface area contributed by atoms with Crippen molar-refractivity contribution in [3.05, 3.63) is 45.5 Å². The van der Waals surface area contributed by atoms with E-state index in [4.69, 9.17) is 0 Å². The molecule has 0 radical (unpaired) electrons. The summed E-state index contributed by atoms with van der Waals surface area (Å²) in [6.45, 7) is -0.0655. The third-order valence-electron chi connectivity index (χ3n) is 7.23. The molecule has 5 rings (SSSR count). The Labute approximate surface area is 244 Å². The summed E-state index contributed by atoms with van der Waals surface area (Å²) in [7, 11) is 0. The van der Waals surface area contributed by atoms with Crippen molar-refractivity contribution in [3.8, 4) is 6.07 Å². The molecule has 1 N–H and O–H groups in total. The van der Waals surface area contributed by atoms with Crippen LogP contribution in [0.3, 0.4) is 0 Å². The lowest BCUT2D eigenvalue weighted by Crippen LogP contribution is -2.41. The molecule has 3 heterocycles. The largest absolute Gasteiger partial charge is 0.451 e. The average molecular weight is 622 g/mol. The molecular weight excluding hydrogens is 599 g/mol. The van der Waals surface area contributed by atoms with Gasteiger partial charge in [-0.2, -0.15) is 18.4 Å². The number of aromatic nitrogens is 5. The zero-order valence-electron chi connectivity index (χ0n) is 21.8. The van der Waals surface area contributed by atoms with E-state index in [2.05, 4.69) is 25.7 Å². The second kappa shape index (κ2) is 11.6. The van der Waals surface area contributed by atoms with Gasteiger partial charge in [0, 0.05) is 43.0 Å². The van der Waals surface area contributed by atoms with Crippen LogP contribution < -0.4 is 5.32 Å². The average Bonchev–Trinajstić information content (AvgIpc) is 3.68. The van der Waals surface area contributed by atoms with Gasteiger partial charge in [-0.05, 0) is 24.3 Å². The van der Waals surface area contributed by atoms with Crippen LogP contribution in [-0.2, 0) is 28.9 Å². The van der Waals surface area contributed by atoms with Crippen LogP contribution in [0.1, 0.15) is 55.7 Å². The number of anilines is 1. The van der Waals surface area contributed by atoms with Gasteiger partial charge >= 0.3 is 6.18 Å². The molecule has 42 heavy (non-hydrogen) atoms. The van der Waals surface area contributed by atoms with Gasteiger partial charge in [-0.1, -0.05) is 35.9 Å². The van der Waals surface area contributed by atoms with E-state index < -0.39 is 22.3 Å². The minimum Gasteiger partial charge on any atom is -0.333 e. The molecule has 0 unspecified atom stereocenters. The van der Waals surface area contributed by atoms with Crippen molar-refractivity contribution < 1.29 is 27.7 Å². The van der Waals surface area contributed by atoms with Crippen molar-refractivity contribution in [2.75, 3.05) is 11.9 Å². The lowest BCUT2D eigenvalue weighted by molar-refractivity contribution is -0.384. The maximum absolute atomic E-state index is 13.2. The second-order valence-electron chi connectivity index (χ2n) is 10.0. The number of alkyl halides is 3. The summed E-state index contributed by atoms with van der Waals surface area (Å²) in [4.78, 5) is 38.5. The van der Waals surface area contributed by atoms with Gasteiger partial charge in [0.15, 0.2) is 10.2 Å². The van der Waals surface area contributed by atoms with Crippen LogP contribution in [0.5, 0.6) is 0 Å². The van der Waals surface area contributed by atoms with Gasteiger partial charge in [-0.3, -0.25) is 19.7 Å². The fourth-order valence-corrected chi connectivity index (χ4v) is 7.05. The fraction of sp³-hybridized carbons (Fsp3) is 0.458. The summed E-state index contributed by atoms with van der Waals surface area (Å²) in [6.07, 6.45) is -1.49. The molecule has 2 aromatic heterocycles. The molecule has 0 saturated heterocycles. The molecule has 1 saturated carbocycles. The second-order valence-corrected chi connectivity index (χ2v) is 12.3. The molecule has 3 aromatic rings. The Morgan fingerprint density at radius 2 is 1.93 bits per heavy atom. The van der Waals surface area contributed by atoms with Gasteiger partial charge in [0.1, 0.15) is 6.07 Å². The molecule has 0 atom stereocenters. The maximum Gasteiger partial charge on any atom is 0.451 e. The number of nitriles is 1. The molecule has 13 nitrogen and oxygen atoms in total. The van der Waals surface area contributed by atoms with Crippen molar-refractivity contribution in [1.29, 1.82) is 5.26 Å². The summed E-state index contributed by atoms with van der Waals surface area (Å²) in [5.74, 6) is -1.61. The number of hydrogen-bond donors (Lipinski definition) is 1. The number of carbonyl (C=O) groups excluding carboxylic acids is 2. The summed E-state index contributed by atoms with van der Waals surface area (Å²) >= 11 is 2.16. The molecule has 0 bridgehead atoms. The molecule has 220 valence electrons. The number of non-ortho nitro benzene ring substituents is 1. The first kappa shape index (κ1) is 29.4. The topological polar surface area (TPSA) is 173 Å². The third kappa shape index (κ3) is 6.36. The van der Waals surface area contributed by atoms with Gasteiger partial charge in [0.25, 0.3) is 5.69 Å². The molecule has 1 aliphatic carbocycles. The molecule has 0 spiro atoms. The highest BCUT2D eigenvalue weighted by atomic mass is 32.2. The van der Waals surface area contributed by atoms with Crippen molar-refractivity contribution in [2.45, 2.75) is 67.0 Å². The first-order chi connectivity index (χ1) is 20.0. The number of nitro groups is 1. The Morgan fingerprint density at radius 3 is 2.62 bits per heavy atom. The Morgan fingerprint density at radius 1 is 1.17 bits per heavy atom. The number of amides is 2. The zero-order valence-corrected chi connectivity index (χ0v) is 23.4. The first-order valence-corrected chi connectivity index (χ1v) is 14.4. The van der Waals surface area contributed by atoms with E-state index in [-0.39, 0.29) is 66.5 Å². The number of benzene rings is 1. The molecular formula is C24H22F3N9O4S2. The van der Waals surface area contributed by atoms with Crippen LogP contribution in [0.4, 0.5) is 24.0 Å². The van der Waals surface area contributed by atoms with Crippen molar-refractivity contribution >= 4 is 45.7 Å². The van der Waals surface area contributed by atoms with E-state index in [0.717, 1.165) is 40.5 Å². The highest BCUT2D eigenvalue weighted by Crippen LogP contribution is 2.45. The van der Waals surface area contributed by atoms with Crippen LogP contribution in [0.25, 0.3) is 0 Å². The van der Waals surface area contributed by atoms with Crippen LogP contribution in [0, 0.1) is 26.9 Å². The minimum atomic E-state index is -4.63. The Hall–Kier alpha value is -4.11. The minimum absolute atomic E-state index is 0.0595. The summed E-state index contributed by atoms with van der Waals surface area (Å²) in [6, 6.07) is 5.82. The van der Waals surface area contributed by atoms with Gasteiger partial charge in [-0.25, -0.2) is 0 Å². The number of nitro benzene ring substituents is 1. The van der Waals surface area contributed by atoms with Gasteiger partial charge in [0.2, 0.25) is 22.8 Å². The standard InChI is InChI=1S/C24H22F3N9O4S2/c25-24(26,27)20-31-30-17-13-34(7-8-35(17)20)19(38)11-23(5-1-2-6-23)10-18(37)29-21-32-33-22(42-21)41-16-4-3-15(36(39)40)9-14(16)12-28/h3-4,9H,1-2,5-8,10-11,13H2,(H,29,32,37). The smallest absolute Gasteiger partial charge is 0.333 e. The normalized spacial score (nSPS) is 16.1. The summed E-state index contributed by atoms with van der Waals surface area (Å²) < 4.78 is 40.8. The van der Waals surface area contributed by atoms with E-state index in [9.17, 15) is 38.1 Å². The van der Waals surface area contributed by atoms with Crippen molar-refractivity contribution in [1.82, 2.24) is 29.9 Å². The first-order valence-electron chi connectivity index (χ1n) is 12.7. The van der Waals surface area contributed by atoms with E-state index in [1.54, 1.807) is 0 Å². The van der Waals surface area contributed by atoms with Crippen LogP contribution >= 0.6 is 23.1 Å². The lowest BCUT2D eigenvalue weighted by Gasteiger charge is -2.33. The van der Waals surface area contributed by atoms with E-state index in [1.807, 2.05) is 6.07 Å². The van der Waals surface area contributed by atoms with Crippen LogP contribution in [0.2, 0.25) is 0 Å². The molecule has 2 amide bonds. The number of halogens is 3. The number of fused-ring (bicyclic) bond motifs is 1. The Kier molecular flexibility index (Phi) is 8.14. The Bertz CT molecular complexity index is 1580.